The molecule has 0 saturated carbocycles. The number of furan rings is 2. The molecule has 0 saturated heterocycles. The lowest BCUT2D eigenvalue weighted by Crippen LogP contribution is -2.35. The zero-order valence-corrected chi connectivity index (χ0v) is 13.7. The van der Waals surface area contributed by atoms with Gasteiger partial charge in [-0.15, -0.1) is 0 Å². The van der Waals surface area contributed by atoms with Crippen LogP contribution in [0.5, 0.6) is 5.75 Å². The van der Waals surface area contributed by atoms with Gasteiger partial charge in [0.25, 0.3) is 0 Å². The lowest BCUT2D eigenvalue weighted by Gasteiger charge is -2.23. The molecule has 1 unspecified atom stereocenters. The van der Waals surface area contributed by atoms with Gasteiger partial charge in [-0.2, -0.15) is 0 Å². The van der Waals surface area contributed by atoms with Gasteiger partial charge in [0.15, 0.2) is 11.6 Å². The fourth-order valence-corrected chi connectivity index (χ4v) is 2.53. The molecule has 0 aliphatic carbocycles. The van der Waals surface area contributed by atoms with Crippen molar-refractivity contribution in [3.05, 3.63) is 78.4 Å². The Hall–Kier alpha value is -2.57. The summed E-state index contributed by atoms with van der Waals surface area (Å²) in [4.78, 5) is 1.98. The van der Waals surface area contributed by atoms with Gasteiger partial charge in [0.05, 0.1) is 25.6 Å². The Labute approximate surface area is 145 Å². The Balaban J connectivity index is 1.57. The Bertz CT molecular complexity index is 706. The predicted molar refractivity (Wildman–Crippen MR) is 89.4 cm³/mol. The van der Waals surface area contributed by atoms with Gasteiger partial charge in [-0.25, -0.2) is 4.39 Å². The maximum Gasteiger partial charge on any atom is 0.165 e. The first kappa shape index (κ1) is 17.3. The first-order valence-corrected chi connectivity index (χ1v) is 8.03. The molecule has 1 atom stereocenters. The summed E-state index contributed by atoms with van der Waals surface area (Å²) in [6.45, 7) is 1.36. The van der Waals surface area contributed by atoms with Crippen molar-refractivity contribution in [1.82, 2.24) is 4.90 Å². The van der Waals surface area contributed by atoms with Gasteiger partial charge in [0.1, 0.15) is 24.2 Å². The van der Waals surface area contributed by atoms with Crippen molar-refractivity contribution in [2.24, 2.45) is 0 Å². The molecule has 0 bridgehead atoms. The maximum atomic E-state index is 13.6. The highest BCUT2D eigenvalue weighted by Crippen LogP contribution is 2.16. The van der Waals surface area contributed by atoms with Crippen LogP contribution in [0.25, 0.3) is 0 Å². The topological polar surface area (TPSA) is 59.0 Å². The minimum absolute atomic E-state index is 0.00621. The van der Waals surface area contributed by atoms with E-state index in [9.17, 15) is 9.50 Å². The molecule has 25 heavy (non-hydrogen) atoms. The van der Waals surface area contributed by atoms with E-state index in [-0.39, 0.29) is 12.4 Å². The van der Waals surface area contributed by atoms with Crippen LogP contribution in [0.3, 0.4) is 0 Å². The lowest BCUT2D eigenvalue weighted by molar-refractivity contribution is 0.0568. The van der Waals surface area contributed by atoms with Gasteiger partial charge in [-0.3, -0.25) is 4.90 Å². The SMILES string of the molecule is OC(COc1ccccc1F)CN(Cc1ccco1)Cc1ccco1. The largest absolute Gasteiger partial charge is 0.488 e. The van der Waals surface area contributed by atoms with E-state index < -0.39 is 11.9 Å². The standard InChI is InChI=1S/C19H20FNO4/c20-18-7-1-2-8-19(18)25-14-15(22)11-21(12-16-5-3-9-23-16)13-17-6-4-10-24-17/h1-10,15,22H,11-14H2. The van der Waals surface area contributed by atoms with Crippen molar-refractivity contribution in [3.8, 4) is 5.75 Å². The van der Waals surface area contributed by atoms with Crippen LogP contribution in [0.1, 0.15) is 11.5 Å². The summed E-state index contributed by atoms with van der Waals surface area (Å²) in [5.74, 6) is 1.26. The second-order valence-corrected chi connectivity index (χ2v) is 5.72. The number of para-hydroxylation sites is 1. The molecule has 2 aromatic heterocycles. The molecule has 0 amide bonds. The highest BCUT2D eigenvalue weighted by Gasteiger charge is 2.16. The van der Waals surface area contributed by atoms with Crippen LogP contribution < -0.4 is 4.74 Å². The van der Waals surface area contributed by atoms with Crippen molar-refractivity contribution in [2.75, 3.05) is 13.2 Å². The first-order valence-electron chi connectivity index (χ1n) is 8.03. The second-order valence-electron chi connectivity index (χ2n) is 5.72. The van der Waals surface area contributed by atoms with Crippen molar-refractivity contribution in [1.29, 1.82) is 0 Å². The molecule has 6 heteroatoms. The van der Waals surface area contributed by atoms with Crippen LogP contribution in [-0.4, -0.2) is 29.3 Å². The maximum absolute atomic E-state index is 13.6. The monoisotopic (exact) mass is 345 g/mol. The number of aliphatic hydroxyl groups excluding tert-OH is 1. The number of ether oxygens (including phenoxy) is 1. The predicted octanol–water partition coefficient (Wildman–Crippen LogP) is 3.45. The van der Waals surface area contributed by atoms with Gasteiger partial charge >= 0.3 is 0 Å². The number of hydrogen-bond acceptors (Lipinski definition) is 5. The van der Waals surface area contributed by atoms with E-state index in [1.165, 1.54) is 12.1 Å². The average molecular weight is 345 g/mol. The molecule has 1 N–H and O–H groups in total. The Morgan fingerprint density at radius 2 is 1.60 bits per heavy atom. The third kappa shape index (κ3) is 5.20. The zero-order valence-electron chi connectivity index (χ0n) is 13.7. The summed E-state index contributed by atoms with van der Waals surface area (Å²) in [5.41, 5.74) is 0. The van der Waals surface area contributed by atoms with Gasteiger partial charge in [-0.05, 0) is 36.4 Å². The van der Waals surface area contributed by atoms with E-state index in [0.29, 0.717) is 19.6 Å². The van der Waals surface area contributed by atoms with E-state index in [1.54, 1.807) is 24.7 Å². The quantitative estimate of drug-likeness (QED) is 0.644. The summed E-state index contributed by atoms with van der Waals surface area (Å²) in [7, 11) is 0. The summed E-state index contributed by atoms with van der Waals surface area (Å²) in [5, 5.41) is 10.3. The van der Waals surface area contributed by atoms with E-state index in [2.05, 4.69) is 0 Å². The minimum Gasteiger partial charge on any atom is -0.488 e. The summed E-state index contributed by atoms with van der Waals surface area (Å²) < 4.78 is 29.7. The molecule has 5 nitrogen and oxygen atoms in total. The third-order valence-electron chi connectivity index (χ3n) is 3.66. The van der Waals surface area contributed by atoms with E-state index >= 15 is 0 Å². The Morgan fingerprint density at radius 3 is 2.16 bits per heavy atom. The van der Waals surface area contributed by atoms with Crippen molar-refractivity contribution in [2.45, 2.75) is 19.2 Å². The minimum atomic E-state index is -0.787. The Kier molecular flexibility index (Phi) is 5.87. The van der Waals surface area contributed by atoms with E-state index in [1.807, 2.05) is 29.2 Å². The highest BCUT2D eigenvalue weighted by molar-refractivity contribution is 5.23. The molecule has 0 aliphatic rings. The highest BCUT2D eigenvalue weighted by atomic mass is 19.1. The molecule has 0 spiro atoms. The number of hydrogen-bond donors (Lipinski definition) is 1. The molecule has 2 heterocycles. The fourth-order valence-electron chi connectivity index (χ4n) is 2.53. The number of benzene rings is 1. The zero-order chi connectivity index (χ0) is 17.5. The fraction of sp³-hybridized carbons (Fsp3) is 0.263. The van der Waals surface area contributed by atoms with Crippen molar-refractivity contribution >= 4 is 0 Å². The summed E-state index contributed by atoms with van der Waals surface area (Å²) >= 11 is 0. The van der Waals surface area contributed by atoms with Gasteiger partial charge in [0.2, 0.25) is 0 Å². The van der Waals surface area contributed by atoms with Crippen molar-refractivity contribution in [3.63, 3.8) is 0 Å². The van der Waals surface area contributed by atoms with Crippen LogP contribution in [0.15, 0.2) is 69.9 Å². The molecule has 0 aliphatic heterocycles. The van der Waals surface area contributed by atoms with Crippen LogP contribution in [0.2, 0.25) is 0 Å². The van der Waals surface area contributed by atoms with Crippen LogP contribution in [0, 0.1) is 5.82 Å². The smallest absolute Gasteiger partial charge is 0.165 e. The Morgan fingerprint density at radius 1 is 0.960 bits per heavy atom. The number of halogens is 1. The number of aliphatic hydroxyl groups is 1. The number of rotatable bonds is 9. The number of nitrogens with zero attached hydrogens (tertiary/aromatic N) is 1. The molecule has 3 rings (SSSR count). The third-order valence-corrected chi connectivity index (χ3v) is 3.66. The molecule has 132 valence electrons. The molecule has 1 aromatic carbocycles. The van der Waals surface area contributed by atoms with Gasteiger partial charge in [0, 0.05) is 6.54 Å². The molecular formula is C19H20FNO4. The lowest BCUT2D eigenvalue weighted by atomic mass is 10.3. The van der Waals surface area contributed by atoms with Crippen LogP contribution in [-0.2, 0) is 13.1 Å². The van der Waals surface area contributed by atoms with Crippen LogP contribution >= 0.6 is 0 Å². The average Bonchev–Trinajstić information content (AvgIpc) is 3.28. The molecular weight excluding hydrogens is 325 g/mol. The van der Waals surface area contributed by atoms with E-state index in [4.69, 9.17) is 13.6 Å². The molecule has 0 radical (unpaired) electrons. The second kappa shape index (κ2) is 8.50. The molecule has 0 fully saturated rings. The van der Waals surface area contributed by atoms with Crippen LogP contribution in [0.4, 0.5) is 4.39 Å². The molecule has 3 aromatic rings. The van der Waals surface area contributed by atoms with E-state index in [0.717, 1.165) is 11.5 Å². The van der Waals surface area contributed by atoms with Gasteiger partial charge in [-0.1, -0.05) is 12.1 Å². The summed E-state index contributed by atoms with van der Waals surface area (Å²) in [6.07, 6.45) is 2.43. The van der Waals surface area contributed by atoms with Crippen molar-refractivity contribution < 1.29 is 23.1 Å². The van der Waals surface area contributed by atoms with Gasteiger partial charge < -0.3 is 18.7 Å². The first-order chi connectivity index (χ1) is 12.2. The normalized spacial score (nSPS) is 12.4. The summed E-state index contributed by atoms with van der Waals surface area (Å²) in [6, 6.07) is 13.5.